The molecule has 1 saturated heterocycles. The van der Waals surface area contributed by atoms with E-state index in [4.69, 9.17) is 0 Å². The number of thiophene rings is 1. The molecule has 1 aromatic carbocycles. The molecule has 1 amide bonds. The lowest BCUT2D eigenvalue weighted by Gasteiger charge is -2.31. The Hall–Kier alpha value is -2.18. The maximum Gasteiger partial charge on any atom is 0.270 e. The van der Waals surface area contributed by atoms with Gasteiger partial charge in [-0.1, -0.05) is 18.2 Å². The van der Waals surface area contributed by atoms with Crippen molar-refractivity contribution in [3.05, 3.63) is 58.9 Å². The number of hydrogen-bond acceptors (Lipinski definition) is 2. The molecule has 1 N–H and O–H groups in total. The number of hydrogen-bond donors (Lipinski definition) is 1. The molecule has 0 unspecified atom stereocenters. The molecule has 1 aliphatic rings. The Morgan fingerprint density at radius 3 is 2.73 bits per heavy atom. The van der Waals surface area contributed by atoms with Gasteiger partial charge in [0, 0.05) is 10.9 Å². The van der Waals surface area contributed by atoms with Crippen LogP contribution in [0.4, 0.5) is 4.39 Å². The van der Waals surface area contributed by atoms with Crippen LogP contribution in [0.5, 0.6) is 0 Å². The van der Waals surface area contributed by atoms with Crippen LogP contribution in [0.15, 0.2) is 41.8 Å². The van der Waals surface area contributed by atoms with Crippen LogP contribution >= 0.6 is 11.3 Å². The fourth-order valence-electron chi connectivity index (χ4n) is 3.65. The standard InChI is InChI=1S/C20H22FN3OS/c1-2-22-8-10-23(11-9-22)19(25)18-13-15-7-12-26-20(15)24(18)14-16-5-3-4-6-17(16)21/h3-7,12-13H,2,8-11,14H2,1H3/p+1. The van der Waals surface area contributed by atoms with Gasteiger partial charge in [-0.2, -0.15) is 0 Å². The Balaban J connectivity index is 1.66. The number of halogens is 1. The summed E-state index contributed by atoms with van der Waals surface area (Å²) >= 11 is 1.59. The molecule has 1 fully saturated rings. The molecule has 3 heterocycles. The Morgan fingerprint density at radius 1 is 1.23 bits per heavy atom. The zero-order chi connectivity index (χ0) is 18.1. The average molecular weight is 372 g/mol. The molecule has 6 heteroatoms. The van der Waals surface area contributed by atoms with Crippen molar-refractivity contribution >= 4 is 27.5 Å². The van der Waals surface area contributed by atoms with Crippen LogP contribution in [-0.2, 0) is 6.54 Å². The number of nitrogens with one attached hydrogen (secondary N) is 1. The monoisotopic (exact) mass is 372 g/mol. The number of aromatic nitrogens is 1. The quantitative estimate of drug-likeness (QED) is 0.748. The Kier molecular flexibility index (Phi) is 4.78. The Labute approximate surface area is 156 Å². The number of quaternary nitrogens is 1. The van der Waals surface area contributed by atoms with E-state index in [1.54, 1.807) is 23.5 Å². The molecule has 0 atom stereocenters. The van der Waals surface area contributed by atoms with Gasteiger partial charge >= 0.3 is 0 Å². The van der Waals surface area contributed by atoms with Crippen LogP contribution in [-0.4, -0.2) is 48.1 Å². The first kappa shape index (κ1) is 17.2. The fourth-order valence-corrected chi connectivity index (χ4v) is 4.54. The summed E-state index contributed by atoms with van der Waals surface area (Å²) in [6.45, 7) is 7.19. The zero-order valence-electron chi connectivity index (χ0n) is 14.9. The second-order valence-corrected chi connectivity index (χ2v) is 7.68. The van der Waals surface area contributed by atoms with Crippen LogP contribution in [0.2, 0.25) is 0 Å². The minimum atomic E-state index is -0.232. The average Bonchev–Trinajstić information content (AvgIpc) is 3.25. The summed E-state index contributed by atoms with van der Waals surface area (Å²) in [5, 5.41) is 3.06. The van der Waals surface area contributed by atoms with Crippen molar-refractivity contribution in [1.29, 1.82) is 0 Å². The van der Waals surface area contributed by atoms with Crippen molar-refractivity contribution in [3.8, 4) is 0 Å². The summed E-state index contributed by atoms with van der Waals surface area (Å²) in [4.78, 5) is 17.7. The second-order valence-electron chi connectivity index (χ2n) is 6.78. The molecule has 0 bridgehead atoms. The third kappa shape index (κ3) is 3.15. The summed E-state index contributed by atoms with van der Waals surface area (Å²) in [5.41, 5.74) is 1.27. The first-order valence-electron chi connectivity index (χ1n) is 9.10. The van der Waals surface area contributed by atoms with Gasteiger partial charge < -0.3 is 14.4 Å². The SMILES string of the molecule is CC[NH+]1CCN(C(=O)c2cc3ccsc3n2Cc2ccccc2F)CC1. The number of benzene rings is 1. The van der Waals surface area contributed by atoms with Crippen molar-refractivity contribution in [1.82, 2.24) is 9.47 Å². The number of carbonyl (C=O) groups excluding carboxylic acids is 1. The van der Waals surface area contributed by atoms with Gasteiger partial charge in [0.05, 0.1) is 39.3 Å². The predicted octanol–water partition coefficient (Wildman–Crippen LogP) is 2.25. The molecule has 136 valence electrons. The molecular formula is C20H23FN3OS+. The maximum atomic E-state index is 14.2. The fraction of sp³-hybridized carbons (Fsp3) is 0.350. The Morgan fingerprint density at radius 2 is 2.00 bits per heavy atom. The molecule has 4 nitrogen and oxygen atoms in total. The highest BCUT2D eigenvalue weighted by Crippen LogP contribution is 2.27. The summed E-state index contributed by atoms with van der Waals surface area (Å²) < 4.78 is 16.1. The van der Waals surface area contributed by atoms with E-state index in [1.807, 2.05) is 33.0 Å². The number of piperazine rings is 1. The van der Waals surface area contributed by atoms with Gasteiger partial charge in [-0.25, -0.2) is 4.39 Å². The molecule has 4 rings (SSSR count). The van der Waals surface area contributed by atoms with E-state index >= 15 is 0 Å². The predicted molar refractivity (Wildman–Crippen MR) is 102 cm³/mol. The lowest BCUT2D eigenvalue weighted by Crippen LogP contribution is -3.14. The van der Waals surface area contributed by atoms with E-state index in [2.05, 4.69) is 6.92 Å². The molecule has 0 radical (unpaired) electrons. The Bertz CT molecular complexity index is 924. The number of fused-ring (bicyclic) bond motifs is 1. The van der Waals surface area contributed by atoms with Crippen LogP contribution in [0.25, 0.3) is 10.2 Å². The molecule has 26 heavy (non-hydrogen) atoms. The van der Waals surface area contributed by atoms with Crippen molar-refractivity contribution in [3.63, 3.8) is 0 Å². The number of carbonyl (C=O) groups is 1. The smallest absolute Gasteiger partial charge is 0.270 e. The molecule has 3 aromatic rings. The van der Waals surface area contributed by atoms with Crippen LogP contribution in [0.3, 0.4) is 0 Å². The summed E-state index contributed by atoms with van der Waals surface area (Å²) in [5.74, 6) is -0.177. The highest BCUT2D eigenvalue weighted by molar-refractivity contribution is 7.16. The van der Waals surface area contributed by atoms with Crippen molar-refractivity contribution in [2.24, 2.45) is 0 Å². The van der Waals surface area contributed by atoms with Gasteiger partial charge in [0.1, 0.15) is 16.3 Å². The van der Waals surface area contributed by atoms with E-state index in [-0.39, 0.29) is 11.7 Å². The van der Waals surface area contributed by atoms with Gasteiger partial charge in [-0.3, -0.25) is 4.79 Å². The number of amides is 1. The van der Waals surface area contributed by atoms with Crippen molar-refractivity contribution in [2.45, 2.75) is 13.5 Å². The van der Waals surface area contributed by atoms with Gasteiger partial charge in [0.15, 0.2) is 0 Å². The largest absolute Gasteiger partial charge is 0.332 e. The van der Waals surface area contributed by atoms with E-state index in [9.17, 15) is 9.18 Å². The summed E-state index contributed by atoms with van der Waals surface area (Å²) in [6, 6.07) is 10.8. The molecular weight excluding hydrogens is 349 g/mol. The van der Waals surface area contributed by atoms with Crippen LogP contribution in [0, 0.1) is 5.82 Å². The molecule has 0 spiro atoms. The highest BCUT2D eigenvalue weighted by Gasteiger charge is 2.27. The number of nitrogens with zero attached hydrogens (tertiary/aromatic N) is 2. The highest BCUT2D eigenvalue weighted by atomic mass is 32.1. The minimum Gasteiger partial charge on any atom is -0.332 e. The normalized spacial score (nSPS) is 15.7. The molecule has 0 aliphatic carbocycles. The van der Waals surface area contributed by atoms with Gasteiger partial charge in [0.25, 0.3) is 5.91 Å². The third-order valence-electron chi connectivity index (χ3n) is 5.27. The lowest BCUT2D eigenvalue weighted by atomic mass is 10.2. The number of rotatable bonds is 4. The van der Waals surface area contributed by atoms with Gasteiger partial charge in [-0.15, -0.1) is 11.3 Å². The van der Waals surface area contributed by atoms with E-state index in [0.717, 1.165) is 42.9 Å². The van der Waals surface area contributed by atoms with Crippen molar-refractivity contribution < 1.29 is 14.1 Å². The topological polar surface area (TPSA) is 29.7 Å². The molecule has 1 aliphatic heterocycles. The second kappa shape index (κ2) is 7.21. The van der Waals surface area contributed by atoms with E-state index in [0.29, 0.717) is 17.8 Å². The lowest BCUT2D eigenvalue weighted by molar-refractivity contribution is -0.902. The zero-order valence-corrected chi connectivity index (χ0v) is 15.7. The number of likely N-dealkylation sites (N-methyl/N-ethyl adjacent to an activating group) is 1. The van der Waals surface area contributed by atoms with Crippen LogP contribution < -0.4 is 4.90 Å². The first-order valence-corrected chi connectivity index (χ1v) is 9.98. The van der Waals surface area contributed by atoms with Gasteiger partial charge in [0.2, 0.25) is 0 Å². The summed E-state index contributed by atoms with van der Waals surface area (Å²) in [6.07, 6.45) is 0. The molecule has 2 aromatic heterocycles. The van der Waals surface area contributed by atoms with E-state index in [1.165, 1.54) is 11.0 Å². The van der Waals surface area contributed by atoms with E-state index < -0.39 is 0 Å². The van der Waals surface area contributed by atoms with Gasteiger partial charge in [-0.05, 0) is 30.5 Å². The van der Waals surface area contributed by atoms with Crippen LogP contribution in [0.1, 0.15) is 23.0 Å². The van der Waals surface area contributed by atoms with Crippen molar-refractivity contribution in [2.75, 3.05) is 32.7 Å². The molecule has 0 saturated carbocycles. The third-order valence-corrected chi connectivity index (χ3v) is 6.22. The summed E-state index contributed by atoms with van der Waals surface area (Å²) in [7, 11) is 0. The minimum absolute atomic E-state index is 0.0555. The first-order chi connectivity index (χ1) is 12.7. The maximum absolute atomic E-state index is 14.2.